The molecule has 0 aliphatic rings. The van der Waals surface area contributed by atoms with E-state index in [4.69, 9.17) is 4.74 Å². The number of ether oxygens (including phenoxy) is 1. The van der Waals surface area contributed by atoms with Gasteiger partial charge in [0.15, 0.2) is 4.90 Å². The predicted molar refractivity (Wildman–Crippen MR) is 129 cm³/mol. The van der Waals surface area contributed by atoms with Crippen LogP contribution in [0, 0.1) is 0 Å². The molecule has 0 atom stereocenters. The SMILES string of the molecule is CCCCCCCCCCCCCCCCCC(=O)Oc1ccc([S+](C)C)cc1. The first-order valence-electron chi connectivity index (χ1n) is 12.0. The van der Waals surface area contributed by atoms with E-state index in [0.717, 1.165) is 12.8 Å². The number of hydrogen-bond acceptors (Lipinski definition) is 2. The number of unbranched alkanes of at least 4 members (excludes halogenated alkanes) is 14. The molecule has 0 amide bonds. The molecular formula is C26H45O2S+. The molecule has 0 fully saturated rings. The van der Waals surface area contributed by atoms with Crippen LogP contribution in [0.5, 0.6) is 5.75 Å². The summed E-state index contributed by atoms with van der Waals surface area (Å²) in [7, 11) is 0.245. The molecule has 3 heteroatoms. The van der Waals surface area contributed by atoms with E-state index in [1.807, 2.05) is 12.1 Å². The smallest absolute Gasteiger partial charge is 0.311 e. The van der Waals surface area contributed by atoms with E-state index in [-0.39, 0.29) is 16.9 Å². The van der Waals surface area contributed by atoms with Crippen molar-refractivity contribution in [2.75, 3.05) is 12.5 Å². The van der Waals surface area contributed by atoms with Crippen LogP contribution in [0.2, 0.25) is 0 Å². The van der Waals surface area contributed by atoms with Crippen molar-refractivity contribution in [3.05, 3.63) is 24.3 Å². The van der Waals surface area contributed by atoms with Gasteiger partial charge >= 0.3 is 5.97 Å². The van der Waals surface area contributed by atoms with E-state index in [0.29, 0.717) is 12.2 Å². The van der Waals surface area contributed by atoms with Gasteiger partial charge in [-0.15, -0.1) is 0 Å². The van der Waals surface area contributed by atoms with E-state index in [1.165, 1.54) is 88.4 Å². The highest BCUT2D eigenvalue weighted by molar-refractivity contribution is 7.95. The van der Waals surface area contributed by atoms with Gasteiger partial charge in [-0.2, -0.15) is 0 Å². The summed E-state index contributed by atoms with van der Waals surface area (Å²) in [6.07, 6.45) is 25.0. The van der Waals surface area contributed by atoms with Crippen LogP contribution in [-0.2, 0) is 15.7 Å². The molecule has 1 aromatic rings. The number of hydrogen-bond donors (Lipinski definition) is 0. The van der Waals surface area contributed by atoms with Crippen LogP contribution in [-0.4, -0.2) is 18.5 Å². The average Bonchev–Trinajstić information content (AvgIpc) is 2.71. The second-order valence-corrected chi connectivity index (χ2v) is 10.6. The zero-order valence-electron chi connectivity index (χ0n) is 19.3. The zero-order valence-corrected chi connectivity index (χ0v) is 20.2. The molecule has 0 radical (unpaired) electrons. The van der Waals surface area contributed by atoms with Gasteiger partial charge in [0, 0.05) is 17.3 Å². The summed E-state index contributed by atoms with van der Waals surface area (Å²) in [5, 5.41) is 0. The molecule has 29 heavy (non-hydrogen) atoms. The number of esters is 1. The van der Waals surface area contributed by atoms with Crippen LogP contribution in [0.25, 0.3) is 0 Å². The molecule has 0 saturated carbocycles. The zero-order chi connectivity index (χ0) is 21.2. The lowest BCUT2D eigenvalue weighted by atomic mass is 10.0. The highest BCUT2D eigenvalue weighted by Crippen LogP contribution is 2.17. The molecule has 0 aliphatic heterocycles. The lowest BCUT2D eigenvalue weighted by molar-refractivity contribution is -0.134. The summed E-state index contributed by atoms with van der Waals surface area (Å²) < 4.78 is 5.43. The molecule has 0 bridgehead atoms. The van der Waals surface area contributed by atoms with Gasteiger partial charge in [0.2, 0.25) is 0 Å². The molecule has 2 nitrogen and oxygen atoms in total. The summed E-state index contributed by atoms with van der Waals surface area (Å²) >= 11 is 0. The van der Waals surface area contributed by atoms with Crippen LogP contribution in [0.3, 0.4) is 0 Å². The second-order valence-electron chi connectivity index (χ2n) is 8.46. The predicted octanol–water partition coefficient (Wildman–Crippen LogP) is 8.09. The second kappa shape index (κ2) is 17.9. The van der Waals surface area contributed by atoms with Gasteiger partial charge in [-0.05, 0) is 30.7 Å². The summed E-state index contributed by atoms with van der Waals surface area (Å²) in [6, 6.07) is 7.93. The minimum absolute atomic E-state index is 0.0977. The fraction of sp³-hybridized carbons (Fsp3) is 0.731. The highest BCUT2D eigenvalue weighted by atomic mass is 32.2. The molecule has 0 unspecified atom stereocenters. The fourth-order valence-corrected chi connectivity index (χ4v) is 4.28. The maximum Gasteiger partial charge on any atom is 0.311 e. The van der Waals surface area contributed by atoms with E-state index >= 15 is 0 Å². The summed E-state index contributed by atoms with van der Waals surface area (Å²) in [4.78, 5) is 13.2. The average molecular weight is 422 g/mol. The van der Waals surface area contributed by atoms with E-state index in [9.17, 15) is 4.79 Å². The maximum atomic E-state index is 11.9. The Hall–Kier alpha value is -0.960. The molecule has 1 rings (SSSR count). The van der Waals surface area contributed by atoms with Crippen LogP contribution >= 0.6 is 0 Å². The van der Waals surface area contributed by atoms with Crippen molar-refractivity contribution in [1.29, 1.82) is 0 Å². The molecule has 0 heterocycles. The Morgan fingerprint density at radius 2 is 1.10 bits per heavy atom. The molecule has 166 valence electrons. The normalized spacial score (nSPS) is 11.2. The lowest BCUT2D eigenvalue weighted by Gasteiger charge is -2.05. The first-order valence-corrected chi connectivity index (χ1v) is 14.1. The monoisotopic (exact) mass is 421 g/mol. The number of benzene rings is 1. The minimum atomic E-state index is -0.0977. The fourth-order valence-electron chi connectivity index (χ4n) is 3.60. The minimum Gasteiger partial charge on any atom is -0.427 e. The van der Waals surface area contributed by atoms with Crippen molar-refractivity contribution in [2.45, 2.75) is 115 Å². The van der Waals surface area contributed by atoms with Crippen molar-refractivity contribution in [3.8, 4) is 5.75 Å². The molecule has 0 saturated heterocycles. The van der Waals surface area contributed by atoms with Gasteiger partial charge in [0.1, 0.15) is 18.3 Å². The first-order chi connectivity index (χ1) is 14.1. The molecule has 0 aliphatic carbocycles. The van der Waals surface area contributed by atoms with Crippen LogP contribution < -0.4 is 4.74 Å². The standard InChI is InChI=1S/C26H45O2S/c1-4-5-6-7-8-9-10-11-12-13-14-15-16-17-18-19-26(27)28-24-20-22-25(23-21-24)29(2)3/h20-23H,4-19H2,1-3H3/q+1. The third kappa shape index (κ3) is 14.6. The van der Waals surface area contributed by atoms with Crippen LogP contribution in [0.4, 0.5) is 0 Å². The van der Waals surface area contributed by atoms with Crippen molar-refractivity contribution in [1.82, 2.24) is 0 Å². The lowest BCUT2D eigenvalue weighted by Crippen LogP contribution is -2.07. The largest absolute Gasteiger partial charge is 0.427 e. The van der Waals surface area contributed by atoms with Gasteiger partial charge in [-0.25, -0.2) is 0 Å². The molecule has 0 aromatic heterocycles. The maximum absolute atomic E-state index is 11.9. The third-order valence-corrected chi connectivity index (χ3v) is 6.73. The van der Waals surface area contributed by atoms with Crippen LogP contribution in [0.15, 0.2) is 29.2 Å². The van der Waals surface area contributed by atoms with Gasteiger partial charge in [0.05, 0.1) is 0 Å². The van der Waals surface area contributed by atoms with E-state index in [1.54, 1.807) is 0 Å². The Bertz CT molecular complexity index is 510. The van der Waals surface area contributed by atoms with Crippen molar-refractivity contribution >= 4 is 16.9 Å². The van der Waals surface area contributed by atoms with Gasteiger partial charge in [0.25, 0.3) is 0 Å². The van der Waals surface area contributed by atoms with Crippen LogP contribution in [0.1, 0.15) is 110 Å². The number of rotatable bonds is 18. The molecule has 1 aromatic carbocycles. The third-order valence-electron chi connectivity index (χ3n) is 5.51. The van der Waals surface area contributed by atoms with Crippen molar-refractivity contribution in [3.63, 3.8) is 0 Å². The molecule has 0 spiro atoms. The van der Waals surface area contributed by atoms with Gasteiger partial charge in [-0.1, -0.05) is 96.8 Å². The first kappa shape index (κ1) is 26.1. The van der Waals surface area contributed by atoms with Crippen molar-refractivity contribution < 1.29 is 9.53 Å². The highest BCUT2D eigenvalue weighted by Gasteiger charge is 2.09. The quantitative estimate of drug-likeness (QED) is 0.104. The summed E-state index contributed by atoms with van der Waals surface area (Å²) in [6.45, 7) is 2.28. The Kier molecular flexibility index (Phi) is 16.1. The van der Waals surface area contributed by atoms with Gasteiger partial charge < -0.3 is 4.74 Å². The number of carbonyl (C=O) groups is 1. The topological polar surface area (TPSA) is 26.3 Å². The Morgan fingerprint density at radius 3 is 1.52 bits per heavy atom. The number of carbonyl (C=O) groups excluding carboxylic acids is 1. The van der Waals surface area contributed by atoms with Crippen molar-refractivity contribution in [2.24, 2.45) is 0 Å². The summed E-state index contributed by atoms with van der Waals surface area (Å²) in [5.74, 6) is 0.574. The Balaban J connectivity index is 1.87. The van der Waals surface area contributed by atoms with E-state index < -0.39 is 0 Å². The molecule has 0 N–H and O–H groups in total. The Morgan fingerprint density at radius 1 is 0.690 bits per heavy atom. The molecular weight excluding hydrogens is 376 g/mol. The van der Waals surface area contributed by atoms with E-state index in [2.05, 4.69) is 31.6 Å². The van der Waals surface area contributed by atoms with Gasteiger partial charge in [-0.3, -0.25) is 4.79 Å². The Labute approximate surface area is 183 Å². The summed E-state index contributed by atoms with van der Waals surface area (Å²) in [5.41, 5.74) is 0.